The van der Waals surface area contributed by atoms with Gasteiger partial charge in [0.1, 0.15) is 0 Å². The summed E-state index contributed by atoms with van der Waals surface area (Å²) in [5, 5.41) is 0. The monoisotopic (exact) mass is 204 g/mol. The number of aryl methyl sites for hydroxylation is 2. The molecule has 0 aromatic heterocycles. The van der Waals surface area contributed by atoms with Crippen molar-refractivity contribution >= 4 is 5.69 Å². The molecule has 0 atom stereocenters. The molecule has 0 saturated carbocycles. The van der Waals surface area contributed by atoms with Gasteiger partial charge in [-0.3, -0.25) is 0 Å². The molecular weight excluding hydrogens is 184 g/mol. The smallest absolute Gasteiger partial charge is 0.0709 e. The number of nitrogens with zero attached hydrogens (tertiary/aromatic N) is 1. The summed E-state index contributed by atoms with van der Waals surface area (Å²) < 4.78 is 0. The third-order valence-electron chi connectivity index (χ3n) is 3.23. The molecule has 1 aliphatic rings. The molecule has 1 aliphatic heterocycles. The van der Waals surface area contributed by atoms with Crippen LogP contribution in [0.3, 0.4) is 0 Å². The summed E-state index contributed by atoms with van der Waals surface area (Å²) in [4.78, 5) is 3.90. The molecule has 0 unspecified atom stereocenters. The van der Waals surface area contributed by atoms with Crippen LogP contribution in [0.25, 0.3) is 0 Å². The Kier molecular flexibility index (Phi) is 2.96. The van der Waals surface area contributed by atoms with Gasteiger partial charge in [-0.1, -0.05) is 18.2 Å². The van der Waals surface area contributed by atoms with Crippen LogP contribution < -0.4 is 9.80 Å². The maximum Gasteiger partial charge on any atom is 0.0709 e. The van der Waals surface area contributed by atoms with Gasteiger partial charge < -0.3 is 9.80 Å². The minimum Gasteiger partial charge on any atom is -0.465 e. The van der Waals surface area contributed by atoms with Gasteiger partial charge in [0.2, 0.25) is 0 Å². The standard InChI is InChI=1S/C13H20N2/c1-11-5-4-6-12(2)13(11)15-9-7-14(3)8-10-15/h4-6,14H,3,7-10H2,1-2H3. The van der Waals surface area contributed by atoms with E-state index in [2.05, 4.69) is 44.0 Å². The van der Waals surface area contributed by atoms with E-state index in [1.807, 2.05) is 0 Å². The van der Waals surface area contributed by atoms with Crippen molar-refractivity contribution in [3.8, 4) is 0 Å². The fraction of sp³-hybridized carbons (Fsp3) is 0.462. The number of anilines is 1. The molecule has 1 fully saturated rings. The summed E-state index contributed by atoms with van der Waals surface area (Å²) in [6.45, 7) is 8.95. The van der Waals surface area contributed by atoms with Crippen LogP contribution in [0.1, 0.15) is 11.1 Å². The zero-order chi connectivity index (χ0) is 10.8. The first-order chi connectivity index (χ1) is 7.18. The summed E-state index contributed by atoms with van der Waals surface area (Å²) in [5.41, 5.74) is 4.22. The average molecular weight is 204 g/mol. The SMILES string of the molecule is [CH2-][NH+]1CCN(c2c(C)cccc2C)CC1. The van der Waals surface area contributed by atoms with Crippen LogP contribution >= 0.6 is 0 Å². The molecule has 0 bridgehead atoms. The summed E-state index contributed by atoms with van der Waals surface area (Å²) in [7, 11) is 4.06. The van der Waals surface area contributed by atoms with Gasteiger partial charge in [-0.15, -0.1) is 0 Å². The summed E-state index contributed by atoms with van der Waals surface area (Å²) >= 11 is 0. The zero-order valence-electron chi connectivity index (χ0n) is 9.71. The van der Waals surface area contributed by atoms with Crippen LogP contribution in [0.5, 0.6) is 0 Å². The number of piperazine rings is 1. The molecule has 1 saturated heterocycles. The Morgan fingerprint density at radius 3 is 2.20 bits per heavy atom. The molecule has 0 amide bonds. The second-order valence-electron chi connectivity index (χ2n) is 4.48. The molecule has 2 heteroatoms. The predicted octanol–water partition coefficient (Wildman–Crippen LogP) is 0.800. The highest BCUT2D eigenvalue weighted by Gasteiger charge is 2.17. The number of para-hydroxylation sites is 1. The first-order valence-corrected chi connectivity index (χ1v) is 5.66. The number of rotatable bonds is 1. The van der Waals surface area contributed by atoms with Crippen molar-refractivity contribution in [1.29, 1.82) is 0 Å². The summed E-state index contributed by atoms with van der Waals surface area (Å²) in [6, 6.07) is 6.54. The normalized spacial score (nSPS) is 18.2. The van der Waals surface area contributed by atoms with Crippen LogP contribution in [-0.4, -0.2) is 26.2 Å². The van der Waals surface area contributed by atoms with Gasteiger partial charge >= 0.3 is 0 Å². The molecule has 1 heterocycles. The van der Waals surface area contributed by atoms with E-state index >= 15 is 0 Å². The second kappa shape index (κ2) is 4.23. The molecule has 15 heavy (non-hydrogen) atoms. The predicted molar refractivity (Wildman–Crippen MR) is 64.2 cm³/mol. The molecule has 2 nitrogen and oxygen atoms in total. The van der Waals surface area contributed by atoms with Gasteiger partial charge in [0.25, 0.3) is 0 Å². The molecule has 82 valence electrons. The van der Waals surface area contributed by atoms with E-state index in [4.69, 9.17) is 0 Å². The fourth-order valence-corrected chi connectivity index (χ4v) is 2.35. The van der Waals surface area contributed by atoms with Crippen LogP contribution in [0.15, 0.2) is 18.2 Å². The highest BCUT2D eigenvalue weighted by Crippen LogP contribution is 2.24. The topological polar surface area (TPSA) is 7.68 Å². The van der Waals surface area contributed by atoms with Gasteiger partial charge in [-0.2, -0.15) is 7.05 Å². The molecule has 1 N–H and O–H groups in total. The van der Waals surface area contributed by atoms with E-state index in [1.54, 1.807) is 0 Å². The molecule has 0 spiro atoms. The van der Waals surface area contributed by atoms with Crippen LogP contribution in [0.4, 0.5) is 5.69 Å². The Balaban J connectivity index is 2.22. The lowest BCUT2D eigenvalue weighted by Gasteiger charge is -2.36. The van der Waals surface area contributed by atoms with E-state index in [0.717, 1.165) is 26.2 Å². The first-order valence-electron chi connectivity index (χ1n) is 5.66. The number of nitrogens with one attached hydrogen (secondary N) is 1. The lowest BCUT2D eigenvalue weighted by Crippen LogP contribution is -3.10. The zero-order valence-corrected chi connectivity index (χ0v) is 9.71. The Labute approximate surface area is 92.5 Å². The number of hydrogen-bond donors (Lipinski definition) is 1. The van der Waals surface area contributed by atoms with E-state index < -0.39 is 0 Å². The molecule has 0 radical (unpaired) electrons. The van der Waals surface area contributed by atoms with Crippen molar-refractivity contribution in [1.82, 2.24) is 0 Å². The summed E-state index contributed by atoms with van der Waals surface area (Å²) in [5.74, 6) is 0. The first kappa shape index (κ1) is 10.5. The fourth-order valence-electron chi connectivity index (χ4n) is 2.35. The Morgan fingerprint density at radius 1 is 1.13 bits per heavy atom. The molecule has 1 aromatic rings. The highest BCUT2D eigenvalue weighted by atomic mass is 15.2. The van der Waals surface area contributed by atoms with Crippen LogP contribution in [0.2, 0.25) is 0 Å². The largest absolute Gasteiger partial charge is 0.465 e. The van der Waals surface area contributed by atoms with E-state index in [-0.39, 0.29) is 0 Å². The average Bonchev–Trinajstić information content (AvgIpc) is 2.20. The van der Waals surface area contributed by atoms with Crippen molar-refractivity contribution in [3.63, 3.8) is 0 Å². The molecular formula is C13H20N2. The van der Waals surface area contributed by atoms with Gasteiger partial charge in [-0.05, 0) is 25.0 Å². The van der Waals surface area contributed by atoms with Crippen molar-refractivity contribution in [2.24, 2.45) is 0 Å². The molecule has 2 rings (SSSR count). The van der Waals surface area contributed by atoms with Gasteiger partial charge in [0.05, 0.1) is 26.2 Å². The Hall–Kier alpha value is -1.02. The van der Waals surface area contributed by atoms with Crippen molar-refractivity contribution in [2.75, 3.05) is 31.1 Å². The lowest BCUT2D eigenvalue weighted by molar-refractivity contribution is -0.854. The minimum absolute atomic E-state index is 1.13. The third-order valence-corrected chi connectivity index (χ3v) is 3.23. The van der Waals surface area contributed by atoms with Crippen molar-refractivity contribution in [2.45, 2.75) is 13.8 Å². The maximum absolute atomic E-state index is 4.06. The van der Waals surface area contributed by atoms with Crippen molar-refractivity contribution < 1.29 is 4.90 Å². The van der Waals surface area contributed by atoms with E-state index in [1.165, 1.54) is 21.7 Å². The van der Waals surface area contributed by atoms with Gasteiger partial charge in [0.15, 0.2) is 0 Å². The molecule has 0 aliphatic carbocycles. The number of quaternary nitrogens is 1. The third kappa shape index (κ3) is 2.15. The Bertz CT molecular complexity index is 318. The number of hydrogen-bond acceptors (Lipinski definition) is 1. The maximum atomic E-state index is 4.06. The van der Waals surface area contributed by atoms with Gasteiger partial charge in [0, 0.05) is 5.69 Å². The molecule has 1 aromatic carbocycles. The Morgan fingerprint density at radius 2 is 1.67 bits per heavy atom. The highest BCUT2D eigenvalue weighted by molar-refractivity contribution is 5.58. The lowest BCUT2D eigenvalue weighted by atomic mass is 10.1. The van der Waals surface area contributed by atoms with Crippen LogP contribution in [0, 0.1) is 20.9 Å². The van der Waals surface area contributed by atoms with E-state index in [0.29, 0.717) is 0 Å². The number of benzene rings is 1. The van der Waals surface area contributed by atoms with E-state index in [9.17, 15) is 0 Å². The van der Waals surface area contributed by atoms with Gasteiger partial charge in [-0.25, -0.2) is 0 Å². The minimum atomic E-state index is 1.13. The second-order valence-corrected chi connectivity index (χ2v) is 4.48. The van der Waals surface area contributed by atoms with Crippen molar-refractivity contribution in [3.05, 3.63) is 36.4 Å². The summed E-state index contributed by atoms with van der Waals surface area (Å²) in [6.07, 6.45) is 0. The van der Waals surface area contributed by atoms with Crippen LogP contribution in [-0.2, 0) is 0 Å². The quantitative estimate of drug-likeness (QED) is 0.665.